The van der Waals surface area contributed by atoms with Crippen molar-refractivity contribution in [3.8, 4) is 0 Å². The highest BCUT2D eigenvalue weighted by Crippen LogP contribution is 2.20. The molecule has 1 atom stereocenters. The van der Waals surface area contributed by atoms with E-state index in [0.29, 0.717) is 12.2 Å². The quantitative estimate of drug-likeness (QED) is 0.550. The summed E-state index contributed by atoms with van der Waals surface area (Å²) in [5.41, 5.74) is 8.71. The molecule has 0 saturated carbocycles. The first-order valence-corrected chi connectivity index (χ1v) is 9.54. The van der Waals surface area contributed by atoms with Crippen LogP contribution < -0.4 is 21.7 Å². The first-order chi connectivity index (χ1) is 13.8. The fraction of sp³-hybridized carbons (Fsp3) is 0.318. The second kappa shape index (κ2) is 10.3. The Morgan fingerprint density at radius 2 is 1.66 bits per heavy atom. The van der Waals surface area contributed by atoms with Crippen molar-refractivity contribution in [2.24, 2.45) is 11.7 Å². The van der Waals surface area contributed by atoms with E-state index < -0.39 is 12.1 Å². The number of aryl methyl sites for hydroxylation is 1. The Hall–Kier alpha value is -3.35. The summed E-state index contributed by atoms with van der Waals surface area (Å²) in [4.78, 5) is 35.5. The number of benzene rings is 2. The molecule has 5 N–H and O–H groups in total. The second-order valence-electron chi connectivity index (χ2n) is 7.24. The standard InChI is InChI=1S/C22H28N4O3/c1-14(2)21(28)25-17-10-8-16(9-11-17)13-24-20(27)12-19(26-22(23)29)18-7-5-4-6-15(18)3/h4-11,14,19H,12-13H2,1-3H3,(H,24,27)(H,25,28)(H3,23,26,29). The summed E-state index contributed by atoms with van der Waals surface area (Å²) < 4.78 is 0. The minimum atomic E-state index is -0.676. The zero-order chi connectivity index (χ0) is 21.4. The van der Waals surface area contributed by atoms with Gasteiger partial charge < -0.3 is 21.7 Å². The van der Waals surface area contributed by atoms with E-state index in [2.05, 4.69) is 16.0 Å². The summed E-state index contributed by atoms with van der Waals surface area (Å²) in [7, 11) is 0. The molecule has 0 saturated heterocycles. The van der Waals surface area contributed by atoms with E-state index in [9.17, 15) is 14.4 Å². The number of carbonyl (C=O) groups excluding carboxylic acids is 3. The van der Waals surface area contributed by atoms with Gasteiger partial charge in [-0.15, -0.1) is 0 Å². The Balaban J connectivity index is 1.94. The van der Waals surface area contributed by atoms with Gasteiger partial charge in [0.05, 0.1) is 12.5 Å². The van der Waals surface area contributed by atoms with Gasteiger partial charge in [0.15, 0.2) is 0 Å². The van der Waals surface area contributed by atoms with Gasteiger partial charge in [-0.05, 0) is 35.7 Å². The predicted molar refractivity (Wildman–Crippen MR) is 113 cm³/mol. The molecule has 0 aromatic heterocycles. The number of nitrogens with one attached hydrogen (secondary N) is 3. The Labute approximate surface area is 171 Å². The van der Waals surface area contributed by atoms with Crippen molar-refractivity contribution in [2.45, 2.75) is 39.8 Å². The summed E-state index contributed by atoms with van der Waals surface area (Å²) in [6.45, 7) is 5.92. The van der Waals surface area contributed by atoms with Crippen LogP contribution in [-0.4, -0.2) is 17.8 Å². The van der Waals surface area contributed by atoms with Gasteiger partial charge in [-0.1, -0.05) is 50.2 Å². The third kappa shape index (κ3) is 6.95. The number of nitrogens with two attached hydrogens (primary N) is 1. The largest absolute Gasteiger partial charge is 0.352 e. The number of anilines is 1. The molecule has 2 rings (SSSR count). The SMILES string of the molecule is Cc1ccccc1C(CC(=O)NCc1ccc(NC(=O)C(C)C)cc1)NC(N)=O. The van der Waals surface area contributed by atoms with Crippen LogP contribution >= 0.6 is 0 Å². The highest BCUT2D eigenvalue weighted by atomic mass is 16.2. The normalized spacial score (nSPS) is 11.6. The van der Waals surface area contributed by atoms with E-state index in [-0.39, 0.29) is 24.2 Å². The van der Waals surface area contributed by atoms with E-state index in [4.69, 9.17) is 5.73 Å². The molecule has 154 valence electrons. The van der Waals surface area contributed by atoms with Crippen LogP contribution in [0.25, 0.3) is 0 Å². The van der Waals surface area contributed by atoms with Crippen LogP contribution in [-0.2, 0) is 16.1 Å². The lowest BCUT2D eigenvalue weighted by atomic mass is 9.98. The topological polar surface area (TPSA) is 113 Å². The molecule has 0 aliphatic heterocycles. The first-order valence-electron chi connectivity index (χ1n) is 9.54. The van der Waals surface area contributed by atoms with Crippen LogP contribution in [0.2, 0.25) is 0 Å². The average Bonchev–Trinajstić information content (AvgIpc) is 2.67. The maximum Gasteiger partial charge on any atom is 0.312 e. The molecule has 0 bridgehead atoms. The zero-order valence-corrected chi connectivity index (χ0v) is 17.0. The van der Waals surface area contributed by atoms with E-state index in [0.717, 1.165) is 16.7 Å². The number of amides is 4. The van der Waals surface area contributed by atoms with Gasteiger partial charge in [-0.3, -0.25) is 9.59 Å². The molecule has 0 spiro atoms. The molecule has 0 heterocycles. The molecule has 7 heteroatoms. The Morgan fingerprint density at radius 3 is 2.24 bits per heavy atom. The molecule has 0 fully saturated rings. The van der Waals surface area contributed by atoms with Gasteiger partial charge in [-0.2, -0.15) is 0 Å². The van der Waals surface area contributed by atoms with Crippen LogP contribution in [0.5, 0.6) is 0 Å². The van der Waals surface area contributed by atoms with Gasteiger partial charge >= 0.3 is 6.03 Å². The van der Waals surface area contributed by atoms with Crippen molar-refractivity contribution in [2.75, 3.05) is 5.32 Å². The average molecular weight is 396 g/mol. The number of hydrogen-bond donors (Lipinski definition) is 4. The van der Waals surface area contributed by atoms with Gasteiger partial charge in [0.1, 0.15) is 0 Å². The molecule has 2 aromatic rings. The minimum absolute atomic E-state index is 0.0461. The van der Waals surface area contributed by atoms with Gasteiger partial charge in [-0.25, -0.2) is 4.79 Å². The smallest absolute Gasteiger partial charge is 0.312 e. The van der Waals surface area contributed by atoms with Crippen LogP contribution in [0.1, 0.15) is 43.0 Å². The molecule has 0 radical (unpaired) electrons. The van der Waals surface area contributed by atoms with Gasteiger partial charge in [0.25, 0.3) is 0 Å². The van der Waals surface area contributed by atoms with Crippen molar-refractivity contribution in [3.05, 3.63) is 65.2 Å². The fourth-order valence-electron chi connectivity index (χ4n) is 2.84. The third-order valence-corrected chi connectivity index (χ3v) is 4.51. The molecule has 1 unspecified atom stereocenters. The van der Waals surface area contributed by atoms with Crippen LogP contribution in [0.15, 0.2) is 48.5 Å². The van der Waals surface area contributed by atoms with Crippen molar-refractivity contribution < 1.29 is 14.4 Å². The molecular weight excluding hydrogens is 368 g/mol. The maximum absolute atomic E-state index is 12.4. The number of urea groups is 1. The molecule has 0 aliphatic rings. The molecular formula is C22H28N4O3. The van der Waals surface area contributed by atoms with Crippen molar-refractivity contribution >= 4 is 23.5 Å². The van der Waals surface area contributed by atoms with Crippen LogP contribution in [0, 0.1) is 12.8 Å². The first kappa shape index (κ1) is 21.9. The Morgan fingerprint density at radius 1 is 1.00 bits per heavy atom. The number of hydrogen-bond acceptors (Lipinski definition) is 3. The summed E-state index contributed by atoms with van der Waals surface area (Å²) in [6.07, 6.45) is 0.0797. The van der Waals surface area contributed by atoms with Crippen molar-refractivity contribution in [1.82, 2.24) is 10.6 Å². The van der Waals surface area contributed by atoms with Gasteiger partial charge in [0.2, 0.25) is 11.8 Å². The maximum atomic E-state index is 12.4. The highest BCUT2D eigenvalue weighted by Gasteiger charge is 2.19. The van der Waals surface area contributed by atoms with Crippen molar-refractivity contribution in [1.29, 1.82) is 0 Å². The monoisotopic (exact) mass is 396 g/mol. The summed E-state index contributed by atoms with van der Waals surface area (Å²) in [6, 6.07) is 13.7. The van der Waals surface area contributed by atoms with Crippen LogP contribution in [0.4, 0.5) is 10.5 Å². The number of rotatable bonds is 8. The molecule has 29 heavy (non-hydrogen) atoms. The Kier molecular flexibility index (Phi) is 7.77. The molecule has 2 aromatic carbocycles. The van der Waals surface area contributed by atoms with Crippen molar-refractivity contribution in [3.63, 3.8) is 0 Å². The lowest BCUT2D eigenvalue weighted by molar-refractivity contribution is -0.121. The van der Waals surface area contributed by atoms with E-state index in [1.54, 1.807) is 12.1 Å². The lowest BCUT2D eigenvalue weighted by Crippen LogP contribution is -2.36. The zero-order valence-electron chi connectivity index (χ0n) is 17.0. The highest BCUT2D eigenvalue weighted by molar-refractivity contribution is 5.92. The van der Waals surface area contributed by atoms with E-state index >= 15 is 0 Å². The fourth-order valence-corrected chi connectivity index (χ4v) is 2.84. The minimum Gasteiger partial charge on any atom is -0.352 e. The molecule has 0 aliphatic carbocycles. The summed E-state index contributed by atoms with van der Waals surface area (Å²) in [5, 5.41) is 8.31. The van der Waals surface area contributed by atoms with E-state index in [1.165, 1.54) is 0 Å². The summed E-state index contributed by atoms with van der Waals surface area (Å²) in [5.74, 6) is -0.344. The second-order valence-corrected chi connectivity index (χ2v) is 7.24. The number of carbonyl (C=O) groups is 3. The van der Waals surface area contributed by atoms with E-state index in [1.807, 2.05) is 57.2 Å². The molecule has 7 nitrogen and oxygen atoms in total. The Bertz CT molecular complexity index is 863. The van der Waals surface area contributed by atoms with Crippen LogP contribution in [0.3, 0.4) is 0 Å². The lowest BCUT2D eigenvalue weighted by Gasteiger charge is -2.19. The number of primary amides is 1. The molecule has 4 amide bonds. The predicted octanol–water partition coefficient (Wildman–Crippen LogP) is 3.01. The third-order valence-electron chi connectivity index (χ3n) is 4.51. The van der Waals surface area contributed by atoms with Gasteiger partial charge in [0, 0.05) is 18.2 Å². The summed E-state index contributed by atoms with van der Waals surface area (Å²) >= 11 is 0.